The van der Waals surface area contributed by atoms with Crippen molar-refractivity contribution in [1.29, 1.82) is 0 Å². The van der Waals surface area contributed by atoms with Crippen LogP contribution in [0, 0.1) is 17.8 Å². The summed E-state index contributed by atoms with van der Waals surface area (Å²) in [5.41, 5.74) is 1.38. The number of carbonyl (C=O) groups excluding carboxylic acids is 1. The standard InChI is InChI=1S/C26H44O5Si/c1-26(2,3)32(5,6)30-18-22-21-16-19(11-7-8-12-24(27)28-4)15-20(21)17-23(22)31-25-13-9-10-14-29-25/h7,11,15,20-23,25H,8-10,12-14,16-18H2,1-6H3. The van der Waals surface area contributed by atoms with Gasteiger partial charge < -0.3 is 18.6 Å². The zero-order valence-corrected chi connectivity index (χ0v) is 22.0. The Balaban J connectivity index is 1.64. The van der Waals surface area contributed by atoms with Gasteiger partial charge in [-0.15, -0.1) is 0 Å². The van der Waals surface area contributed by atoms with E-state index in [-0.39, 0.29) is 23.4 Å². The molecule has 1 saturated heterocycles. The highest BCUT2D eigenvalue weighted by Gasteiger charge is 2.48. The molecule has 0 radical (unpaired) electrons. The summed E-state index contributed by atoms with van der Waals surface area (Å²) in [7, 11) is -0.377. The van der Waals surface area contributed by atoms with Crippen LogP contribution in [-0.4, -0.2) is 47.0 Å². The van der Waals surface area contributed by atoms with Crippen LogP contribution in [0.4, 0.5) is 0 Å². The van der Waals surface area contributed by atoms with Crippen LogP contribution in [0.2, 0.25) is 18.1 Å². The van der Waals surface area contributed by atoms with Crippen molar-refractivity contribution in [2.75, 3.05) is 20.3 Å². The first kappa shape index (κ1) is 25.7. The molecule has 182 valence electrons. The van der Waals surface area contributed by atoms with Crippen LogP contribution >= 0.6 is 0 Å². The molecule has 32 heavy (non-hydrogen) atoms. The lowest BCUT2D eigenvalue weighted by Gasteiger charge is -2.38. The van der Waals surface area contributed by atoms with Gasteiger partial charge in [0.05, 0.1) is 13.2 Å². The highest BCUT2D eigenvalue weighted by Crippen LogP contribution is 2.49. The van der Waals surface area contributed by atoms with Gasteiger partial charge in [0.15, 0.2) is 14.6 Å². The first-order valence-corrected chi connectivity index (χ1v) is 15.4. The molecule has 5 unspecified atom stereocenters. The molecule has 1 saturated carbocycles. The van der Waals surface area contributed by atoms with Crippen LogP contribution < -0.4 is 0 Å². The van der Waals surface area contributed by atoms with Crippen molar-refractivity contribution in [3.05, 3.63) is 23.8 Å². The van der Waals surface area contributed by atoms with Gasteiger partial charge in [0, 0.05) is 25.6 Å². The van der Waals surface area contributed by atoms with Gasteiger partial charge >= 0.3 is 5.97 Å². The molecule has 0 aromatic rings. The number of fused-ring (bicyclic) bond motifs is 1. The summed E-state index contributed by atoms with van der Waals surface area (Å²) in [5, 5.41) is 0.204. The second kappa shape index (κ2) is 11.0. The van der Waals surface area contributed by atoms with E-state index in [1.165, 1.54) is 19.1 Å². The van der Waals surface area contributed by atoms with E-state index in [0.29, 0.717) is 24.2 Å². The molecule has 2 aliphatic carbocycles. The van der Waals surface area contributed by atoms with Crippen LogP contribution in [0.25, 0.3) is 0 Å². The van der Waals surface area contributed by atoms with E-state index in [1.54, 1.807) is 0 Å². The fraction of sp³-hybridized carbons (Fsp3) is 0.808. The monoisotopic (exact) mass is 464 g/mol. The summed E-state index contributed by atoms with van der Waals surface area (Å²) in [6, 6.07) is 0. The average Bonchev–Trinajstić information content (AvgIpc) is 3.26. The molecule has 0 bridgehead atoms. The van der Waals surface area contributed by atoms with Gasteiger partial charge in [-0.25, -0.2) is 0 Å². The van der Waals surface area contributed by atoms with E-state index in [9.17, 15) is 4.79 Å². The van der Waals surface area contributed by atoms with Gasteiger partial charge in [0.25, 0.3) is 0 Å². The summed E-state index contributed by atoms with van der Waals surface area (Å²) in [5.74, 6) is 1.35. The molecule has 3 aliphatic rings. The predicted molar refractivity (Wildman–Crippen MR) is 130 cm³/mol. The molecule has 0 spiro atoms. The normalized spacial score (nSPS) is 31.1. The molecule has 5 nitrogen and oxygen atoms in total. The van der Waals surface area contributed by atoms with Crippen molar-refractivity contribution in [2.24, 2.45) is 17.8 Å². The summed E-state index contributed by atoms with van der Waals surface area (Å²) in [6.07, 6.45) is 13.5. The fourth-order valence-corrected chi connectivity index (χ4v) is 5.95. The third kappa shape index (κ3) is 6.55. The number of allylic oxidation sites excluding steroid dienone is 4. The van der Waals surface area contributed by atoms with Gasteiger partial charge in [-0.3, -0.25) is 4.79 Å². The molecule has 0 aromatic heterocycles. The Bertz CT molecular complexity index is 687. The van der Waals surface area contributed by atoms with Gasteiger partial charge in [-0.05, 0) is 68.5 Å². The Morgan fingerprint density at radius 3 is 2.72 bits per heavy atom. The predicted octanol–water partition coefficient (Wildman–Crippen LogP) is 6.01. The SMILES string of the molecule is COC(=O)CCC=CC1=CC2CC(OC3CCCCO3)C(CO[Si](C)(C)C(C)(C)C)C2C1. The van der Waals surface area contributed by atoms with Crippen LogP contribution in [0.15, 0.2) is 23.8 Å². The third-order valence-electron chi connectivity index (χ3n) is 7.96. The molecule has 2 fully saturated rings. The smallest absolute Gasteiger partial charge is 0.305 e. The molecule has 1 heterocycles. The van der Waals surface area contributed by atoms with Crippen molar-refractivity contribution >= 4 is 14.3 Å². The molecular weight excluding hydrogens is 420 g/mol. The number of hydrogen-bond acceptors (Lipinski definition) is 5. The second-order valence-electron chi connectivity index (χ2n) is 11.2. The van der Waals surface area contributed by atoms with E-state index in [4.69, 9.17) is 18.6 Å². The van der Waals surface area contributed by atoms with Crippen LogP contribution in [-0.2, 0) is 23.4 Å². The average molecular weight is 465 g/mol. The van der Waals surface area contributed by atoms with Crippen molar-refractivity contribution < 1.29 is 23.4 Å². The first-order valence-electron chi connectivity index (χ1n) is 12.5. The number of methoxy groups -OCH3 is 1. The van der Waals surface area contributed by atoms with E-state index in [1.807, 2.05) is 0 Å². The molecule has 3 rings (SSSR count). The number of carbonyl (C=O) groups is 1. The second-order valence-corrected chi connectivity index (χ2v) is 16.0. The number of rotatable bonds is 9. The Morgan fingerprint density at radius 1 is 1.28 bits per heavy atom. The van der Waals surface area contributed by atoms with Gasteiger partial charge in [-0.1, -0.05) is 44.6 Å². The quantitative estimate of drug-likeness (QED) is 0.309. The topological polar surface area (TPSA) is 54.0 Å². The molecule has 1 aliphatic heterocycles. The number of ether oxygens (including phenoxy) is 3. The third-order valence-corrected chi connectivity index (χ3v) is 12.5. The molecule has 0 aromatic carbocycles. The fourth-order valence-electron chi connectivity index (χ4n) is 4.90. The Hall–Kier alpha value is -0.953. The van der Waals surface area contributed by atoms with Gasteiger partial charge in [-0.2, -0.15) is 0 Å². The Labute approximate surface area is 196 Å². The van der Waals surface area contributed by atoms with Crippen molar-refractivity contribution in [3.63, 3.8) is 0 Å². The van der Waals surface area contributed by atoms with Crippen LogP contribution in [0.1, 0.15) is 65.7 Å². The highest BCUT2D eigenvalue weighted by molar-refractivity contribution is 6.74. The molecular formula is C26H44O5Si. The minimum absolute atomic E-state index is 0.0513. The van der Waals surface area contributed by atoms with E-state index < -0.39 is 8.32 Å². The van der Waals surface area contributed by atoms with E-state index in [0.717, 1.165) is 45.3 Å². The summed E-state index contributed by atoms with van der Waals surface area (Å²) in [4.78, 5) is 11.3. The summed E-state index contributed by atoms with van der Waals surface area (Å²) in [6.45, 7) is 13.2. The van der Waals surface area contributed by atoms with Crippen LogP contribution in [0.5, 0.6) is 0 Å². The van der Waals surface area contributed by atoms with E-state index in [2.05, 4.69) is 52.1 Å². The molecule has 0 N–H and O–H groups in total. The zero-order chi connectivity index (χ0) is 23.4. The Morgan fingerprint density at radius 2 is 2.06 bits per heavy atom. The van der Waals surface area contributed by atoms with Crippen molar-refractivity contribution in [2.45, 2.75) is 96.2 Å². The minimum Gasteiger partial charge on any atom is -0.469 e. The van der Waals surface area contributed by atoms with Crippen LogP contribution in [0.3, 0.4) is 0 Å². The Kier molecular flexibility index (Phi) is 8.81. The highest BCUT2D eigenvalue weighted by atomic mass is 28.4. The maximum absolute atomic E-state index is 11.3. The van der Waals surface area contributed by atoms with Gasteiger partial charge in [0.2, 0.25) is 0 Å². The van der Waals surface area contributed by atoms with E-state index >= 15 is 0 Å². The van der Waals surface area contributed by atoms with Gasteiger partial charge in [0.1, 0.15) is 0 Å². The molecule has 6 heteroatoms. The maximum Gasteiger partial charge on any atom is 0.305 e. The lowest BCUT2D eigenvalue weighted by molar-refractivity contribution is -0.197. The first-order chi connectivity index (χ1) is 15.1. The maximum atomic E-state index is 11.3. The zero-order valence-electron chi connectivity index (χ0n) is 21.0. The summed E-state index contributed by atoms with van der Waals surface area (Å²) < 4.78 is 23.9. The number of esters is 1. The lowest BCUT2D eigenvalue weighted by atomic mass is 9.90. The lowest BCUT2D eigenvalue weighted by Crippen LogP contribution is -2.44. The minimum atomic E-state index is -1.82. The largest absolute Gasteiger partial charge is 0.469 e. The number of hydrogen-bond donors (Lipinski definition) is 0. The molecule has 0 amide bonds. The van der Waals surface area contributed by atoms with Crippen molar-refractivity contribution in [1.82, 2.24) is 0 Å². The molecule has 5 atom stereocenters. The summed E-state index contributed by atoms with van der Waals surface area (Å²) >= 11 is 0. The van der Waals surface area contributed by atoms with Crippen molar-refractivity contribution in [3.8, 4) is 0 Å².